The highest BCUT2D eigenvalue weighted by Crippen LogP contribution is 2.25. The standard InChI is InChI=1S/C12H10Cl2N2OS/c1-6-11(7(2)17)18-12(15)16(6)8-3-4-9(13)10(14)5-8/h3-5,15H,1-2H3. The van der Waals surface area contributed by atoms with Crippen LogP contribution in [0.3, 0.4) is 0 Å². The first kappa shape index (κ1) is 13.3. The van der Waals surface area contributed by atoms with Crippen LogP contribution < -0.4 is 4.80 Å². The first-order valence-corrected chi connectivity index (χ1v) is 6.72. The molecule has 1 heterocycles. The summed E-state index contributed by atoms with van der Waals surface area (Å²) in [5, 5.41) is 8.83. The van der Waals surface area contributed by atoms with Crippen molar-refractivity contribution >= 4 is 40.3 Å². The summed E-state index contributed by atoms with van der Waals surface area (Å²) in [5.41, 5.74) is 1.48. The van der Waals surface area contributed by atoms with E-state index >= 15 is 0 Å². The van der Waals surface area contributed by atoms with E-state index in [2.05, 4.69) is 0 Å². The van der Waals surface area contributed by atoms with Crippen molar-refractivity contribution in [1.29, 1.82) is 5.41 Å². The molecule has 0 aliphatic heterocycles. The minimum Gasteiger partial charge on any atom is -0.294 e. The molecule has 3 nitrogen and oxygen atoms in total. The molecular weight excluding hydrogens is 291 g/mol. The predicted octanol–water partition coefficient (Wildman–Crippen LogP) is 3.84. The van der Waals surface area contributed by atoms with Gasteiger partial charge < -0.3 is 0 Å². The van der Waals surface area contributed by atoms with E-state index in [1.54, 1.807) is 22.8 Å². The van der Waals surface area contributed by atoms with Crippen molar-refractivity contribution in [3.05, 3.63) is 43.6 Å². The van der Waals surface area contributed by atoms with Gasteiger partial charge in [0.15, 0.2) is 10.6 Å². The number of aromatic nitrogens is 1. The molecule has 0 amide bonds. The largest absolute Gasteiger partial charge is 0.294 e. The second kappa shape index (κ2) is 4.88. The molecule has 18 heavy (non-hydrogen) atoms. The summed E-state index contributed by atoms with van der Waals surface area (Å²) in [4.78, 5) is 12.3. The predicted molar refractivity (Wildman–Crippen MR) is 74.3 cm³/mol. The van der Waals surface area contributed by atoms with E-state index in [9.17, 15) is 4.79 Å². The summed E-state index contributed by atoms with van der Waals surface area (Å²) in [5.74, 6) is -0.0372. The van der Waals surface area contributed by atoms with E-state index in [0.29, 0.717) is 14.9 Å². The van der Waals surface area contributed by atoms with Gasteiger partial charge in [0.25, 0.3) is 0 Å². The number of halogens is 2. The Kier molecular flexibility index (Phi) is 3.61. The van der Waals surface area contributed by atoms with Gasteiger partial charge in [-0.3, -0.25) is 14.8 Å². The lowest BCUT2D eigenvalue weighted by Gasteiger charge is -2.07. The highest BCUT2D eigenvalue weighted by Gasteiger charge is 2.14. The van der Waals surface area contributed by atoms with Crippen LogP contribution in [0.5, 0.6) is 0 Å². The van der Waals surface area contributed by atoms with Crippen LogP contribution in [0.2, 0.25) is 10.0 Å². The Morgan fingerprint density at radius 3 is 2.50 bits per heavy atom. The van der Waals surface area contributed by atoms with Gasteiger partial charge in [-0.15, -0.1) is 0 Å². The molecule has 0 saturated heterocycles. The van der Waals surface area contributed by atoms with Gasteiger partial charge in [-0.05, 0) is 25.1 Å². The molecular formula is C12H10Cl2N2OS. The number of nitrogens with one attached hydrogen (secondary N) is 1. The SMILES string of the molecule is CC(=O)c1sc(=N)n(-c2ccc(Cl)c(Cl)c2)c1C. The number of benzene rings is 1. The second-order valence-corrected chi connectivity index (χ2v) is 5.63. The minimum absolute atomic E-state index is 0.0372. The lowest BCUT2D eigenvalue weighted by molar-refractivity contribution is 0.102. The number of carbonyl (C=O) groups is 1. The number of hydrogen-bond donors (Lipinski definition) is 1. The second-order valence-electron chi connectivity index (χ2n) is 3.81. The van der Waals surface area contributed by atoms with Crippen LogP contribution in [0, 0.1) is 12.3 Å². The average molecular weight is 301 g/mol. The van der Waals surface area contributed by atoms with Crippen LogP contribution in [0.1, 0.15) is 22.3 Å². The molecule has 1 aromatic carbocycles. The van der Waals surface area contributed by atoms with Gasteiger partial charge in [0, 0.05) is 18.3 Å². The highest BCUT2D eigenvalue weighted by molar-refractivity contribution is 7.11. The Labute approximate surface area is 118 Å². The summed E-state index contributed by atoms with van der Waals surface area (Å²) < 4.78 is 1.68. The smallest absolute Gasteiger partial charge is 0.187 e. The van der Waals surface area contributed by atoms with E-state index in [-0.39, 0.29) is 10.6 Å². The van der Waals surface area contributed by atoms with Gasteiger partial charge in [0.1, 0.15) is 0 Å². The molecule has 94 valence electrons. The number of nitrogens with zero attached hydrogens (tertiary/aromatic N) is 1. The Morgan fingerprint density at radius 2 is 2.00 bits per heavy atom. The Morgan fingerprint density at radius 1 is 1.33 bits per heavy atom. The van der Waals surface area contributed by atoms with Crippen molar-refractivity contribution in [2.24, 2.45) is 0 Å². The number of thiazole rings is 1. The zero-order valence-electron chi connectivity index (χ0n) is 9.75. The highest BCUT2D eigenvalue weighted by atomic mass is 35.5. The van der Waals surface area contributed by atoms with Crippen LogP contribution in [0.4, 0.5) is 0 Å². The van der Waals surface area contributed by atoms with Crippen LogP contribution in [-0.4, -0.2) is 10.4 Å². The molecule has 1 aromatic heterocycles. The summed E-state index contributed by atoms with van der Waals surface area (Å²) in [6.45, 7) is 3.31. The third-order valence-electron chi connectivity index (χ3n) is 2.55. The zero-order valence-corrected chi connectivity index (χ0v) is 12.1. The molecule has 2 rings (SSSR count). The molecule has 0 bridgehead atoms. The van der Waals surface area contributed by atoms with Gasteiger partial charge in [-0.1, -0.05) is 34.5 Å². The van der Waals surface area contributed by atoms with Crippen molar-refractivity contribution in [3.8, 4) is 5.69 Å². The first-order chi connectivity index (χ1) is 8.41. The van der Waals surface area contributed by atoms with E-state index in [1.807, 2.05) is 6.92 Å². The van der Waals surface area contributed by atoms with E-state index in [4.69, 9.17) is 28.6 Å². The average Bonchev–Trinajstić information content (AvgIpc) is 2.59. The molecule has 6 heteroatoms. The molecule has 0 unspecified atom stereocenters. The van der Waals surface area contributed by atoms with Crippen molar-refractivity contribution in [3.63, 3.8) is 0 Å². The molecule has 0 radical (unpaired) electrons. The Balaban J connectivity index is 2.68. The molecule has 0 atom stereocenters. The summed E-state index contributed by atoms with van der Waals surface area (Å²) in [7, 11) is 0. The summed E-state index contributed by atoms with van der Waals surface area (Å²) in [6.07, 6.45) is 0. The fourth-order valence-electron chi connectivity index (χ4n) is 1.73. The van der Waals surface area contributed by atoms with Gasteiger partial charge in [0.2, 0.25) is 0 Å². The quantitative estimate of drug-likeness (QED) is 0.842. The molecule has 0 aliphatic carbocycles. The van der Waals surface area contributed by atoms with Crippen molar-refractivity contribution in [1.82, 2.24) is 4.57 Å². The molecule has 0 aliphatic rings. The molecule has 0 saturated carbocycles. The monoisotopic (exact) mass is 300 g/mol. The minimum atomic E-state index is -0.0372. The fraction of sp³-hybridized carbons (Fsp3) is 0.167. The van der Waals surface area contributed by atoms with Gasteiger partial charge in [-0.2, -0.15) is 0 Å². The van der Waals surface area contributed by atoms with Crippen LogP contribution >= 0.6 is 34.5 Å². The topological polar surface area (TPSA) is 45.9 Å². The Hall–Kier alpha value is -1.10. The van der Waals surface area contributed by atoms with Crippen molar-refractivity contribution in [2.75, 3.05) is 0 Å². The van der Waals surface area contributed by atoms with Gasteiger partial charge >= 0.3 is 0 Å². The third kappa shape index (κ3) is 2.23. The summed E-state index contributed by atoms with van der Waals surface area (Å²) in [6, 6.07) is 5.14. The molecule has 2 aromatic rings. The molecule has 0 spiro atoms. The lowest BCUT2D eigenvalue weighted by Crippen LogP contribution is -2.12. The van der Waals surface area contributed by atoms with E-state index < -0.39 is 0 Å². The fourth-order valence-corrected chi connectivity index (χ4v) is 2.93. The number of Topliss-reactive ketones (excluding diaryl/α,β-unsaturated/α-hetero) is 1. The number of rotatable bonds is 2. The lowest BCUT2D eigenvalue weighted by atomic mass is 10.2. The normalized spacial score (nSPS) is 10.7. The third-order valence-corrected chi connectivity index (χ3v) is 4.45. The maximum absolute atomic E-state index is 11.5. The van der Waals surface area contributed by atoms with Gasteiger partial charge in [-0.25, -0.2) is 0 Å². The van der Waals surface area contributed by atoms with Gasteiger partial charge in [0.05, 0.1) is 14.9 Å². The first-order valence-electron chi connectivity index (χ1n) is 5.15. The number of ketones is 1. The molecule has 0 fully saturated rings. The van der Waals surface area contributed by atoms with E-state index in [1.165, 1.54) is 6.92 Å². The maximum atomic E-state index is 11.5. The van der Waals surface area contributed by atoms with Crippen molar-refractivity contribution < 1.29 is 4.79 Å². The zero-order chi connectivity index (χ0) is 13.4. The number of hydrogen-bond acceptors (Lipinski definition) is 3. The molecule has 1 N–H and O–H groups in total. The number of carbonyl (C=O) groups excluding carboxylic acids is 1. The van der Waals surface area contributed by atoms with Crippen LogP contribution in [0.15, 0.2) is 18.2 Å². The summed E-state index contributed by atoms with van der Waals surface area (Å²) >= 11 is 13.0. The van der Waals surface area contributed by atoms with Crippen molar-refractivity contribution in [2.45, 2.75) is 13.8 Å². The van der Waals surface area contributed by atoms with E-state index in [0.717, 1.165) is 22.7 Å². The maximum Gasteiger partial charge on any atom is 0.187 e. The van der Waals surface area contributed by atoms with Crippen LogP contribution in [-0.2, 0) is 0 Å². The Bertz CT molecular complexity index is 688. The van der Waals surface area contributed by atoms with Crippen LogP contribution in [0.25, 0.3) is 5.69 Å².